The zero-order valence-corrected chi connectivity index (χ0v) is 12.1. The summed E-state index contributed by atoms with van der Waals surface area (Å²) in [6.07, 6.45) is 3.72. The molecule has 0 saturated carbocycles. The maximum absolute atomic E-state index is 12.0. The van der Waals surface area contributed by atoms with Crippen molar-refractivity contribution in [1.29, 1.82) is 0 Å². The highest BCUT2D eigenvalue weighted by atomic mass is 16.2. The summed E-state index contributed by atoms with van der Waals surface area (Å²) in [6.45, 7) is 3.60. The van der Waals surface area contributed by atoms with E-state index in [1.807, 2.05) is 0 Å². The summed E-state index contributed by atoms with van der Waals surface area (Å²) in [7, 11) is 1.57. The number of nitrogens with one attached hydrogen (secondary N) is 1. The second-order valence-corrected chi connectivity index (χ2v) is 5.51. The number of aromatic nitrogens is 4. The molecule has 2 aromatic rings. The standard InChI is InChI=1S/C13H20N6O2/c1-17-10-9(11(20)16-13(17)21)19(12(14)15-10)8-7-18-5-3-2-4-6-18/h2-8H2,1H3,(H2,14,15)(H,16,20,21). The number of hydrogen-bond donors (Lipinski definition) is 2. The number of imidazole rings is 1. The van der Waals surface area contributed by atoms with Crippen molar-refractivity contribution in [3.8, 4) is 0 Å². The summed E-state index contributed by atoms with van der Waals surface area (Å²) in [5.74, 6) is 0.272. The van der Waals surface area contributed by atoms with Gasteiger partial charge in [-0.15, -0.1) is 0 Å². The van der Waals surface area contributed by atoms with Crippen LogP contribution in [0.25, 0.3) is 11.2 Å². The predicted octanol–water partition coefficient (Wildman–Crippen LogP) is -0.509. The molecule has 3 rings (SSSR count). The Morgan fingerprint density at radius 1 is 1.19 bits per heavy atom. The quantitative estimate of drug-likeness (QED) is 0.793. The Labute approximate surface area is 121 Å². The summed E-state index contributed by atoms with van der Waals surface area (Å²) < 4.78 is 3.01. The van der Waals surface area contributed by atoms with Crippen molar-refractivity contribution in [3.63, 3.8) is 0 Å². The second-order valence-electron chi connectivity index (χ2n) is 5.51. The van der Waals surface area contributed by atoms with Gasteiger partial charge in [0, 0.05) is 20.1 Å². The van der Waals surface area contributed by atoms with Crippen molar-refractivity contribution in [2.75, 3.05) is 25.4 Å². The Kier molecular flexibility index (Phi) is 3.54. The largest absolute Gasteiger partial charge is 0.369 e. The molecule has 8 nitrogen and oxygen atoms in total. The third kappa shape index (κ3) is 2.46. The fraction of sp³-hybridized carbons (Fsp3) is 0.615. The van der Waals surface area contributed by atoms with Gasteiger partial charge in [0.2, 0.25) is 5.95 Å². The first-order chi connectivity index (χ1) is 10.1. The fourth-order valence-corrected chi connectivity index (χ4v) is 2.90. The molecule has 0 bridgehead atoms. The minimum absolute atomic E-state index is 0.272. The number of anilines is 1. The summed E-state index contributed by atoms with van der Waals surface area (Å²) in [5.41, 5.74) is 5.71. The van der Waals surface area contributed by atoms with Crippen LogP contribution in [0.5, 0.6) is 0 Å². The molecule has 1 aliphatic heterocycles. The second kappa shape index (κ2) is 5.36. The number of rotatable bonds is 3. The Morgan fingerprint density at radius 2 is 1.90 bits per heavy atom. The normalized spacial score (nSPS) is 16.6. The highest BCUT2D eigenvalue weighted by Crippen LogP contribution is 2.13. The number of H-pyrrole nitrogens is 1. The van der Waals surface area contributed by atoms with Gasteiger partial charge in [-0.25, -0.2) is 4.79 Å². The van der Waals surface area contributed by atoms with E-state index >= 15 is 0 Å². The Morgan fingerprint density at radius 3 is 2.62 bits per heavy atom. The molecule has 0 spiro atoms. The van der Waals surface area contributed by atoms with Crippen LogP contribution in [0.4, 0.5) is 5.95 Å². The van der Waals surface area contributed by atoms with Gasteiger partial charge >= 0.3 is 5.69 Å². The molecular formula is C13H20N6O2. The number of hydrogen-bond acceptors (Lipinski definition) is 5. The number of piperidine rings is 1. The van der Waals surface area contributed by atoms with Gasteiger partial charge in [0.15, 0.2) is 11.2 Å². The third-order valence-electron chi connectivity index (χ3n) is 4.13. The maximum Gasteiger partial charge on any atom is 0.329 e. The first-order valence-electron chi connectivity index (χ1n) is 7.25. The van der Waals surface area contributed by atoms with Gasteiger partial charge in [0.25, 0.3) is 5.56 Å². The molecule has 21 heavy (non-hydrogen) atoms. The summed E-state index contributed by atoms with van der Waals surface area (Å²) in [6, 6.07) is 0. The Bertz CT molecular complexity index is 765. The van der Waals surface area contributed by atoms with Crippen LogP contribution in [0.15, 0.2) is 9.59 Å². The molecule has 0 atom stereocenters. The topological polar surface area (TPSA) is 102 Å². The number of nitrogens with zero attached hydrogens (tertiary/aromatic N) is 4. The number of fused-ring (bicyclic) bond motifs is 1. The van der Waals surface area contributed by atoms with Gasteiger partial charge in [0.05, 0.1) is 0 Å². The smallest absolute Gasteiger partial charge is 0.329 e. The zero-order valence-electron chi connectivity index (χ0n) is 12.1. The lowest BCUT2D eigenvalue weighted by molar-refractivity contribution is 0.222. The summed E-state index contributed by atoms with van der Waals surface area (Å²) in [5, 5.41) is 0. The van der Waals surface area contributed by atoms with Crippen LogP contribution < -0.4 is 17.0 Å². The van der Waals surface area contributed by atoms with Crippen LogP contribution in [-0.4, -0.2) is 43.6 Å². The Hall–Kier alpha value is -2.09. The number of aromatic amines is 1. The van der Waals surface area contributed by atoms with Gasteiger partial charge in [-0.1, -0.05) is 6.42 Å². The summed E-state index contributed by atoms with van der Waals surface area (Å²) in [4.78, 5) is 32.5. The molecule has 1 fully saturated rings. The highest BCUT2D eigenvalue weighted by molar-refractivity contribution is 5.73. The van der Waals surface area contributed by atoms with Crippen molar-refractivity contribution in [1.82, 2.24) is 24.0 Å². The van der Waals surface area contributed by atoms with E-state index in [1.54, 1.807) is 11.6 Å². The first-order valence-corrected chi connectivity index (χ1v) is 7.25. The number of aryl methyl sites for hydroxylation is 1. The van der Waals surface area contributed by atoms with E-state index in [1.165, 1.54) is 23.8 Å². The SMILES string of the molecule is Cn1c(=O)[nH]c(=O)c2c1nc(N)n2CCN1CCCCC1. The maximum atomic E-state index is 12.0. The number of nitrogen functional groups attached to an aromatic ring is 1. The van der Waals surface area contributed by atoms with Crippen molar-refractivity contribution in [3.05, 3.63) is 20.8 Å². The molecule has 1 aliphatic rings. The van der Waals surface area contributed by atoms with E-state index in [2.05, 4.69) is 14.9 Å². The minimum atomic E-state index is -0.479. The fourth-order valence-electron chi connectivity index (χ4n) is 2.90. The third-order valence-corrected chi connectivity index (χ3v) is 4.13. The molecule has 3 N–H and O–H groups in total. The number of nitrogens with two attached hydrogens (primary N) is 1. The average Bonchev–Trinajstić information content (AvgIpc) is 2.81. The lowest BCUT2D eigenvalue weighted by atomic mass is 10.1. The van der Waals surface area contributed by atoms with Crippen molar-refractivity contribution in [2.24, 2.45) is 7.05 Å². The molecule has 2 aromatic heterocycles. The molecule has 0 unspecified atom stereocenters. The lowest BCUT2D eigenvalue weighted by Crippen LogP contribution is -2.33. The van der Waals surface area contributed by atoms with Crippen molar-refractivity contribution >= 4 is 17.1 Å². The molecule has 8 heteroatoms. The molecule has 1 saturated heterocycles. The molecule has 0 amide bonds. The minimum Gasteiger partial charge on any atom is -0.369 e. The van der Waals surface area contributed by atoms with Crippen LogP contribution >= 0.6 is 0 Å². The zero-order chi connectivity index (χ0) is 15.0. The Balaban J connectivity index is 1.95. The van der Waals surface area contributed by atoms with E-state index in [9.17, 15) is 9.59 Å². The van der Waals surface area contributed by atoms with E-state index in [-0.39, 0.29) is 5.95 Å². The molecule has 3 heterocycles. The van der Waals surface area contributed by atoms with Crippen molar-refractivity contribution in [2.45, 2.75) is 25.8 Å². The molecule has 0 aromatic carbocycles. The van der Waals surface area contributed by atoms with E-state index < -0.39 is 11.2 Å². The molecular weight excluding hydrogens is 272 g/mol. The van der Waals surface area contributed by atoms with Crippen LogP contribution in [0.2, 0.25) is 0 Å². The average molecular weight is 292 g/mol. The van der Waals surface area contributed by atoms with E-state index in [0.717, 1.165) is 19.6 Å². The highest BCUT2D eigenvalue weighted by Gasteiger charge is 2.17. The van der Waals surface area contributed by atoms with Crippen LogP contribution in [0.1, 0.15) is 19.3 Å². The molecule has 0 radical (unpaired) electrons. The van der Waals surface area contributed by atoms with Gasteiger partial charge in [-0.3, -0.25) is 14.3 Å². The van der Waals surface area contributed by atoms with E-state index in [4.69, 9.17) is 5.73 Å². The number of likely N-dealkylation sites (tertiary alicyclic amines) is 1. The van der Waals surface area contributed by atoms with Crippen molar-refractivity contribution < 1.29 is 0 Å². The van der Waals surface area contributed by atoms with Gasteiger partial charge in [0.1, 0.15) is 0 Å². The van der Waals surface area contributed by atoms with Crippen LogP contribution in [0.3, 0.4) is 0 Å². The van der Waals surface area contributed by atoms with Gasteiger partial charge in [-0.2, -0.15) is 4.98 Å². The van der Waals surface area contributed by atoms with Crippen LogP contribution in [0, 0.1) is 0 Å². The summed E-state index contributed by atoms with van der Waals surface area (Å²) >= 11 is 0. The van der Waals surface area contributed by atoms with Gasteiger partial charge in [-0.05, 0) is 25.9 Å². The predicted molar refractivity (Wildman–Crippen MR) is 80.3 cm³/mol. The lowest BCUT2D eigenvalue weighted by Gasteiger charge is -2.26. The molecule has 0 aliphatic carbocycles. The molecule has 114 valence electrons. The monoisotopic (exact) mass is 292 g/mol. The first kappa shape index (κ1) is 13.9. The van der Waals surface area contributed by atoms with Gasteiger partial charge < -0.3 is 15.2 Å². The van der Waals surface area contributed by atoms with E-state index in [0.29, 0.717) is 17.7 Å². The van der Waals surface area contributed by atoms with Crippen LogP contribution in [-0.2, 0) is 13.6 Å².